The van der Waals surface area contributed by atoms with E-state index in [4.69, 9.17) is 0 Å². The van der Waals surface area contributed by atoms with Gasteiger partial charge in [-0.1, -0.05) is 12.2 Å². The van der Waals surface area contributed by atoms with Gasteiger partial charge in [0.1, 0.15) is 10.7 Å². The van der Waals surface area contributed by atoms with E-state index in [0.29, 0.717) is 25.3 Å². The van der Waals surface area contributed by atoms with E-state index in [9.17, 15) is 14.4 Å². The molecule has 0 fully saturated rings. The molecule has 8 heteroatoms. The number of aromatic nitrogens is 2. The van der Waals surface area contributed by atoms with E-state index >= 15 is 0 Å². The van der Waals surface area contributed by atoms with Crippen LogP contribution in [0.5, 0.6) is 0 Å². The minimum atomic E-state index is -0.219. The molecule has 4 rings (SSSR count). The molecular weight excluding hydrogens is 364 g/mol. The molecule has 2 aliphatic rings. The molecule has 2 aromatic rings. The number of carbonyl (C=O) groups excluding carboxylic acids is 2. The van der Waals surface area contributed by atoms with Gasteiger partial charge in [0, 0.05) is 30.8 Å². The van der Waals surface area contributed by atoms with Gasteiger partial charge in [-0.15, -0.1) is 11.3 Å². The van der Waals surface area contributed by atoms with Gasteiger partial charge in [0.05, 0.1) is 11.9 Å². The average molecular weight is 386 g/mol. The second-order valence-corrected chi connectivity index (χ2v) is 8.03. The fourth-order valence-corrected chi connectivity index (χ4v) is 4.90. The average Bonchev–Trinajstić information content (AvgIpc) is 3.32. The first kappa shape index (κ1) is 17.9. The van der Waals surface area contributed by atoms with E-state index in [1.54, 1.807) is 16.2 Å². The standard InChI is InChI=1S/C19H22N4O3S/c24-15(20-11-16(25)23-9-3-4-10-23)8-7-14-21-18(26)17-12-5-1-2-6-13(12)27-19(17)22-14/h3-4H,1-2,5-11H2,(H,20,24)(H,21,22,26). The molecule has 0 unspecified atom stereocenters. The fraction of sp³-hybridized carbons (Fsp3) is 0.474. The van der Waals surface area contributed by atoms with E-state index in [-0.39, 0.29) is 30.3 Å². The molecule has 7 nitrogen and oxygen atoms in total. The van der Waals surface area contributed by atoms with E-state index in [2.05, 4.69) is 15.3 Å². The Morgan fingerprint density at radius 2 is 2.00 bits per heavy atom. The Morgan fingerprint density at radius 1 is 1.22 bits per heavy atom. The molecule has 1 aliphatic carbocycles. The Hall–Kier alpha value is -2.48. The van der Waals surface area contributed by atoms with Crippen molar-refractivity contribution in [3.63, 3.8) is 0 Å². The lowest BCUT2D eigenvalue weighted by Crippen LogP contribution is -2.39. The Balaban J connectivity index is 1.36. The summed E-state index contributed by atoms with van der Waals surface area (Å²) < 4.78 is 0. The van der Waals surface area contributed by atoms with Crippen LogP contribution in [0.3, 0.4) is 0 Å². The van der Waals surface area contributed by atoms with Crippen LogP contribution in [0, 0.1) is 0 Å². The van der Waals surface area contributed by atoms with Crippen LogP contribution in [0.4, 0.5) is 0 Å². The van der Waals surface area contributed by atoms with Gasteiger partial charge in [-0.3, -0.25) is 14.4 Å². The lowest BCUT2D eigenvalue weighted by molar-refractivity contribution is -0.131. The van der Waals surface area contributed by atoms with Gasteiger partial charge in [0.15, 0.2) is 0 Å². The largest absolute Gasteiger partial charge is 0.347 e. The van der Waals surface area contributed by atoms with Crippen molar-refractivity contribution in [1.29, 1.82) is 0 Å². The summed E-state index contributed by atoms with van der Waals surface area (Å²) in [6.07, 6.45) is 8.64. The quantitative estimate of drug-likeness (QED) is 0.758. The summed E-state index contributed by atoms with van der Waals surface area (Å²) in [7, 11) is 0. The first-order valence-electron chi connectivity index (χ1n) is 9.35. The summed E-state index contributed by atoms with van der Waals surface area (Å²) in [6.45, 7) is 1.20. The Bertz CT molecular complexity index is 967. The number of carbonyl (C=O) groups is 2. The minimum Gasteiger partial charge on any atom is -0.347 e. The fourth-order valence-electron chi connectivity index (χ4n) is 3.61. The smallest absolute Gasteiger partial charge is 0.259 e. The Morgan fingerprint density at radius 3 is 2.81 bits per heavy atom. The van der Waals surface area contributed by atoms with Crippen molar-refractivity contribution in [2.24, 2.45) is 0 Å². The zero-order chi connectivity index (χ0) is 18.8. The van der Waals surface area contributed by atoms with Gasteiger partial charge in [0.25, 0.3) is 5.56 Å². The number of hydrogen-bond acceptors (Lipinski definition) is 5. The topological polar surface area (TPSA) is 95.2 Å². The lowest BCUT2D eigenvalue weighted by Gasteiger charge is -2.15. The van der Waals surface area contributed by atoms with E-state index in [1.165, 1.54) is 4.88 Å². The van der Waals surface area contributed by atoms with Gasteiger partial charge in [0.2, 0.25) is 11.8 Å². The number of H-pyrrole nitrogens is 1. The van der Waals surface area contributed by atoms with Crippen LogP contribution in [0.15, 0.2) is 16.9 Å². The van der Waals surface area contributed by atoms with Gasteiger partial charge in [-0.25, -0.2) is 4.98 Å². The van der Waals surface area contributed by atoms with Crippen LogP contribution >= 0.6 is 11.3 Å². The van der Waals surface area contributed by atoms with Crippen molar-refractivity contribution in [1.82, 2.24) is 20.2 Å². The molecule has 2 N–H and O–H groups in total. The maximum Gasteiger partial charge on any atom is 0.259 e. The number of hydrogen-bond donors (Lipinski definition) is 2. The highest BCUT2D eigenvalue weighted by Crippen LogP contribution is 2.33. The first-order chi connectivity index (χ1) is 13.1. The molecule has 0 saturated heterocycles. The summed E-state index contributed by atoms with van der Waals surface area (Å²) in [5.74, 6) is 0.213. The molecule has 2 aromatic heterocycles. The van der Waals surface area contributed by atoms with Crippen molar-refractivity contribution in [3.05, 3.63) is 38.8 Å². The Kier molecular flexibility index (Phi) is 5.07. The van der Waals surface area contributed by atoms with Crippen molar-refractivity contribution < 1.29 is 9.59 Å². The van der Waals surface area contributed by atoms with Crippen molar-refractivity contribution in [2.45, 2.75) is 38.5 Å². The van der Waals surface area contributed by atoms with Crippen LogP contribution in [0.1, 0.15) is 35.5 Å². The van der Waals surface area contributed by atoms with Crippen LogP contribution in [0.2, 0.25) is 0 Å². The molecule has 142 valence electrons. The monoisotopic (exact) mass is 386 g/mol. The molecule has 1 aliphatic heterocycles. The molecule has 27 heavy (non-hydrogen) atoms. The molecular formula is C19H22N4O3S. The second kappa shape index (κ2) is 7.64. The van der Waals surface area contributed by atoms with E-state index < -0.39 is 0 Å². The zero-order valence-electron chi connectivity index (χ0n) is 15.0. The van der Waals surface area contributed by atoms with Gasteiger partial charge < -0.3 is 15.2 Å². The number of aryl methyl sites for hydroxylation is 3. The summed E-state index contributed by atoms with van der Waals surface area (Å²) in [5, 5.41) is 3.38. The third-order valence-corrected chi connectivity index (χ3v) is 6.26. The predicted molar refractivity (Wildman–Crippen MR) is 104 cm³/mol. The second-order valence-electron chi connectivity index (χ2n) is 6.95. The van der Waals surface area contributed by atoms with Crippen LogP contribution in [-0.4, -0.2) is 46.3 Å². The summed E-state index contributed by atoms with van der Waals surface area (Å²) >= 11 is 1.60. The van der Waals surface area contributed by atoms with Crippen LogP contribution in [0.25, 0.3) is 10.2 Å². The molecule has 2 amide bonds. The Labute approximate surface area is 160 Å². The van der Waals surface area contributed by atoms with Crippen molar-refractivity contribution in [2.75, 3.05) is 19.6 Å². The number of nitrogens with one attached hydrogen (secondary N) is 2. The molecule has 0 bridgehead atoms. The SMILES string of the molecule is O=C(CCc1nc2sc3c(c2c(=O)[nH]1)CCCC3)NCC(=O)N1CC=CC1. The predicted octanol–water partition coefficient (Wildman–Crippen LogP) is 1.31. The number of fused-ring (bicyclic) bond motifs is 3. The van der Waals surface area contributed by atoms with Crippen molar-refractivity contribution >= 4 is 33.4 Å². The molecule has 0 radical (unpaired) electrons. The highest BCUT2D eigenvalue weighted by atomic mass is 32.1. The highest BCUT2D eigenvalue weighted by molar-refractivity contribution is 7.18. The number of thiophene rings is 1. The van der Waals surface area contributed by atoms with E-state index in [1.807, 2.05) is 12.2 Å². The van der Waals surface area contributed by atoms with E-state index in [0.717, 1.165) is 41.5 Å². The molecule has 0 spiro atoms. The highest BCUT2D eigenvalue weighted by Gasteiger charge is 2.20. The molecule has 0 atom stereocenters. The maximum atomic E-state index is 12.5. The number of nitrogens with zero attached hydrogens (tertiary/aromatic N) is 2. The van der Waals surface area contributed by atoms with Gasteiger partial charge in [-0.05, 0) is 31.2 Å². The molecule has 0 aromatic carbocycles. The van der Waals surface area contributed by atoms with Gasteiger partial charge >= 0.3 is 0 Å². The number of aromatic amines is 1. The molecule has 3 heterocycles. The van der Waals surface area contributed by atoms with Crippen LogP contribution < -0.4 is 10.9 Å². The first-order valence-corrected chi connectivity index (χ1v) is 10.2. The zero-order valence-corrected chi connectivity index (χ0v) is 15.9. The third kappa shape index (κ3) is 3.80. The summed E-state index contributed by atoms with van der Waals surface area (Å²) in [5.41, 5.74) is 1.06. The number of amides is 2. The normalized spacial score (nSPS) is 15.9. The third-order valence-electron chi connectivity index (χ3n) is 5.07. The summed E-state index contributed by atoms with van der Waals surface area (Å²) in [6, 6.07) is 0. The van der Waals surface area contributed by atoms with Gasteiger partial charge in [-0.2, -0.15) is 0 Å². The molecule has 0 saturated carbocycles. The van der Waals surface area contributed by atoms with Crippen LogP contribution in [-0.2, 0) is 28.9 Å². The lowest BCUT2D eigenvalue weighted by atomic mass is 9.97. The minimum absolute atomic E-state index is 0.00113. The number of rotatable bonds is 5. The maximum absolute atomic E-state index is 12.5. The van der Waals surface area contributed by atoms with Crippen molar-refractivity contribution in [3.8, 4) is 0 Å². The summed E-state index contributed by atoms with van der Waals surface area (Å²) in [4.78, 5) is 47.6.